The highest BCUT2D eigenvalue weighted by Gasteiger charge is 2.33. The average molecular weight is 285 g/mol. The molecular formula is C13H23N3S2. The summed E-state index contributed by atoms with van der Waals surface area (Å²) in [5, 5.41) is 5.55. The van der Waals surface area contributed by atoms with Crippen LogP contribution in [0.1, 0.15) is 32.6 Å². The van der Waals surface area contributed by atoms with E-state index in [4.69, 9.17) is 0 Å². The van der Waals surface area contributed by atoms with Crippen molar-refractivity contribution in [3.8, 4) is 0 Å². The Balaban J connectivity index is 2.14. The summed E-state index contributed by atoms with van der Waals surface area (Å²) >= 11 is 4.20. The van der Waals surface area contributed by atoms with Crippen molar-refractivity contribution in [1.29, 1.82) is 0 Å². The number of hydrogen-bond donors (Lipinski definition) is 1. The minimum atomic E-state index is 0.354. The van der Waals surface area contributed by atoms with Gasteiger partial charge in [-0.1, -0.05) is 13.8 Å². The number of hydrogen-bond acceptors (Lipinski definition) is 4. The van der Waals surface area contributed by atoms with E-state index in [1.165, 1.54) is 11.6 Å². The van der Waals surface area contributed by atoms with Crippen molar-refractivity contribution in [3.63, 3.8) is 0 Å². The number of nitrogens with zero attached hydrogens (tertiary/aromatic N) is 2. The molecule has 0 aliphatic carbocycles. The molecule has 4 unspecified atom stereocenters. The molecule has 2 heterocycles. The smallest absolute Gasteiger partial charge is 0.126 e. The molecule has 18 heavy (non-hydrogen) atoms. The third-order valence-corrected chi connectivity index (χ3v) is 7.12. The van der Waals surface area contributed by atoms with Crippen LogP contribution in [0.4, 0.5) is 0 Å². The monoisotopic (exact) mass is 285 g/mol. The molecule has 1 aromatic rings. The van der Waals surface area contributed by atoms with E-state index in [0.29, 0.717) is 11.3 Å². The van der Waals surface area contributed by atoms with Crippen molar-refractivity contribution in [2.75, 3.05) is 12.8 Å². The molecule has 0 bridgehead atoms. The molecule has 1 saturated heterocycles. The number of aromatic nitrogens is 2. The Labute approximate surface area is 119 Å². The van der Waals surface area contributed by atoms with Gasteiger partial charge < -0.3 is 9.88 Å². The van der Waals surface area contributed by atoms with Crippen LogP contribution in [-0.4, -0.2) is 38.1 Å². The molecule has 0 aromatic carbocycles. The van der Waals surface area contributed by atoms with Crippen molar-refractivity contribution in [2.45, 2.75) is 49.1 Å². The molecule has 2 rings (SSSR count). The zero-order valence-corrected chi connectivity index (χ0v) is 13.2. The van der Waals surface area contributed by atoms with Crippen molar-refractivity contribution in [2.24, 2.45) is 0 Å². The molecule has 5 heteroatoms. The fraction of sp³-hybridized carbons (Fsp3) is 0.769. The number of rotatable bonds is 4. The summed E-state index contributed by atoms with van der Waals surface area (Å²) in [6.45, 7) is 7.84. The summed E-state index contributed by atoms with van der Waals surface area (Å²) in [4.78, 5) is 4.56. The summed E-state index contributed by atoms with van der Waals surface area (Å²) in [7, 11) is 2.05. The molecule has 1 aliphatic rings. The first-order valence-corrected chi connectivity index (χ1v) is 8.61. The summed E-state index contributed by atoms with van der Waals surface area (Å²) in [6.07, 6.45) is 3.99. The molecule has 0 radical (unpaired) electrons. The van der Waals surface area contributed by atoms with Gasteiger partial charge in [-0.3, -0.25) is 0 Å². The fourth-order valence-corrected chi connectivity index (χ4v) is 5.45. The lowest BCUT2D eigenvalue weighted by Crippen LogP contribution is -2.37. The first kappa shape index (κ1) is 14.3. The van der Waals surface area contributed by atoms with Gasteiger partial charge in [0.25, 0.3) is 0 Å². The van der Waals surface area contributed by atoms with Crippen LogP contribution in [0.25, 0.3) is 0 Å². The minimum Gasteiger partial charge on any atom is -0.334 e. The standard InChI is InChI=1S/C13H23N3S2/c1-5-16-7-6-15-13(16)12(14-4)11-8-17-9(2)10(3)18-11/h6-7,9-12,14H,5,8H2,1-4H3. The van der Waals surface area contributed by atoms with Crippen LogP contribution in [0.5, 0.6) is 0 Å². The van der Waals surface area contributed by atoms with E-state index in [-0.39, 0.29) is 0 Å². The van der Waals surface area contributed by atoms with Crippen molar-refractivity contribution >= 4 is 23.5 Å². The van der Waals surface area contributed by atoms with Gasteiger partial charge >= 0.3 is 0 Å². The van der Waals surface area contributed by atoms with E-state index < -0.39 is 0 Å². The molecule has 4 atom stereocenters. The molecule has 0 spiro atoms. The molecule has 1 fully saturated rings. The zero-order valence-electron chi connectivity index (χ0n) is 11.6. The van der Waals surface area contributed by atoms with Gasteiger partial charge in [-0.05, 0) is 14.0 Å². The van der Waals surface area contributed by atoms with Crippen molar-refractivity contribution in [1.82, 2.24) is 14.9 Å². The lowest BCUT2D eigenvalue weighted by Gasteiger charge is -2.35. The van der Waals surface area contributed by atoms with Gasteiger partial charge in [0, 0.05) is 40.4 Å². The van der Waals surface area contributed by atoms with E-state index in [0.717, 1.165) is 17.0 Å². The molecule has 1 N–H and O–H groups in total. The van der Waals surface area contributed by atoms with E-state index in [1.54, 1.807) is 0 Å². The van der Waals surface area contributed by atoms with Crippen LogP contribution in [0.2, 0.25) is 0 Å². The fourth-order valence-electron chi connectivity index (χ4n) is 2.33. The minimum absolute atomic E-state index is 0.354. The number of thioether (sulfide) groups is 2. The van der Waals surface area contributed by atoms with Gasteiger partial charge in [0.1, 0.15) is 5.82 Å². The first-order chi connectivity index (χ1) is 8.67. The van der Waals surface area contributed by atoms with Gasteiger partial charge in [-0.2, -0.15) is 23.5 Å². The SMILES string of the molecule is CCn1ccnc1C(NC)C1CSC(C)C(C)S1. The third kappa shape index (κ3) is 2.89. The zero-order chi connectivity index (χ0) is 13.1. The lowest BCUT2D eigenvalue weighted by atomic mass is 10.2. The Morgan fingerprint density at radius 3 is 2.89 bits per heavy atom. The van der Waals surface area contributed by atoms with Crippen LogP contribution >= 0.6 is 23.5 Å². The Bertz CT molecular complexity index is 380. The van der Waals surface area contributed by atoms with Crippen LogP contribution < -0.4 is 5.32 Å². The van der Waals surface area contributed by atoms with E-state index in [9.17, 15) is 0 Å². The van der Waals surface area contributed by atoms with Crippen molar-refractivity contribution in [3.05, 3.63) is 18.2 Å². The predicted octanol–water partition coefficient (Wildman–Crippen LogP) is 2.79. The highest BCUT2D eigenvalue weighted by molar-refractivity contribution is 8.07. The Hall–Kier alpha value is -0.130. The van der Waals surface area contributed by atoms with Crippen LogP contribution in [0.3, 0.4) is 0 Å². The maximum atomic E-state index is 4.56. The second-order valence-electron chi connectivity index (χ2n) is 4.76. The summed E-state index contributed by atoms with van der Waals surface area (Å²) in [6, 6.07) is 0.354. The van der Waals surface area contributed by atoms with Gasteiger partial charge in [-0.25, -0.2) is 4.98 Å². The number of imidazole rings is 1. The van der Waals surface area contributed by atoms with E-state index >= 15 is 0 Å². The second kappa shape index (κ2) is 6.35. The van der Waals surface area contributed by atoms with E-state index in [2.05, 4.69) is 65.4 Å². The molecule has 102 valence electrons. The molecular weight excluding hydrogens is 262 g/mol. The predicted molar refractivity (Wildman–Crippen MR) is 82.5 cm³/mol. The maximum absolute atomic E-state index is 4.56. The van der Waals surface area contributed by atoms with Crippen molar-refractivity contribution < 1.29 is 0 Å². The van der Waals surface area contributed by atoms with Crippen LogP contribution in [-0.2, 0) is 6.54 Å². The van der Waals surface area contributed by atoms with Gasteiger partial charge in [0.15, 0.2) is 0 Å². The highest BCUT2D eigenvalue weighted by Crippen LogP contribution is 2.40. The van der Waals surface area contributed by atoms with Crippen LogP contribution in [0, 0.1) is 0 Å². The second-order valence-corrected chi connectivity index (χ2v) is 7.79. The van der Waals surface area contributed by atoms with Gasteiger partial charge in [-0.15, -0.1) is 0 Å². The molecule has 0 amide bonds. The maximum Gasteiger partial charge on any atom is 0.126 e. The normalized spacial score (nSPS) is 30.3. The third-order valence-electron chi connectivity index (χ3n) is 3.62. The quantitative estimate of drug-likeness (QED) is 0.921. The molecule has 0 saturated carbocycles. The largest absolute Gasteiger partial charge is 0.334 e. The van der Waals surface area contributed by atoms with E-state index in [1.807, 2.05) is 13.2 Å². The summed E-state index contributed by atoms with van der Waals surface area (Å²) < 4.78 is 2.25. The Kier molecular flexibility index (Phi) is 5.04. The molecule has 3 nitrogen and oxygen atoms in total. The number of nitrogens with one attached hydrogen (secondary N) is 1. The first-order valence-electron chi connectivity index (χ1n) is 6.62. The average Bonchev–Trinajstić information content (AvgIpc) is 2.83. The lowest BCUT2D eigenvalue weighted by molar-refractivity contribution is 0.522. The Morgan fingerprint density at radius 2 is 2.28 bits per heavy atom. The van der Waals surface area contributed by atoms with Gasteiger partial charge in [0.2, 0.25) is 0 Å². The van der Waals surface area contributed by atoms with Gasteiger partial charge in [0.05, 0.1) is 6.04 Å². The summed E-state index contributed by atoms with van der Waals surface area (Å²) in [5.41, 5.74) is 0. The topological polar surface area (TPSA) is 29.9 Å². The molecule has 1 aliphatic heterocycles. The Morgan fingerprint density at radius 1 is 1.50 bits per heavy atom. The number of aryl methyl sites for hydroxylation is 1. The summed E-state index contributed by atoms with van der Waals surface area (Å²) in [5.74, 6) is 2.39. The highest BCUT2D eigenvalue weighted by atomic mass is 32.2. The van der Waals surface area contributed by atoms with Crippen LogP contribution in [0.15, 0.2) is 12.4 Å². The molecule has 1 aromatic heterocycles.